The van der Waals surface area contributed by atoms with Gasteiger partial charge in [-0.3, -0.25) is 9.59 Å². The molecule has 0 unspecified atom stereocenters. The van der Waals surface area contributed by atoms with E-state index in [1.165, 1.54) is 12.4 Å². The summed E-state index contributed by atoms with van der Waals surface area (Å²) < 4.78 is 0. The normalized spacial score (nSPS) is 20.6. The average molecular weight is 324 g/mol. The van der Waals surface area contributed by atoms with Gasteiger partial charge in [-0.2, -0.15) is 0 Å². The first-order valence-electron chi connectivity index (χ1n) is 8.04. The minimum atomic E-state index is -0.352. The zero-order valence-electron chi connectivity index (χ0n) is 13.6. The number of aromatic nitrogens is 2. The first-order chi connectivity index (χ1) is 11.6. The van der Waals surface area contributed by atoms with Crippen LogP contribution in [0.2, 0.25) is 0 Å². The molecule has 24 heavy (non-hydrogen) atoms. The van der Waals surface area contributed by atoms with Crippen molar-refractivity contribution in [1.82, 2.24) is 14.9 Å². The topological polar surface area (TPSA) is 89.2 Å². The number of nitrogens with zero attached hydrogens (tertiary/aromatic N) is 3. The summed E-state index contributed by atoms with van der Waals surface area (Å²) in [4.78, 5) is 34.4. The molecule has 6 heteroatoms. The molecule has 0 bridgehead atoms. The lowest BCUT2D eigenvalue weighted by molar-refractivity contribution is -0.123. The van der Waals surface area contributed by atoms with E-state index in [1.54, 1.807) is 4.90 Å². The molecule has 2 atom stereocenters. The highest BCUT2D eigenvalue weighted by molar-refractivity contribution is 5.94. The van der Waals surface area contributed by atoms with Crippen molar-refractivity contribution in [1.29, 1.82) is 0 Å². The van der Waals surface area contributed by atoms with Gasteiger partial charge in [-0.05, 0) is 19.8 Å². The average Bonchev–Trinajstić information content (AvgIpc) is 2.62. The molecule has 2 N–H and O–H groups in total. The maximum Gasteiger partial charge on any atom is 0.257 e. The Bertz CT molecular complexity index is 730. The van der Waals surface area contributed by atoms with E-state index in [4.69, 9.17) is 5.73 Å². The fourth-order valence-electron chi connectivity index (χ4n) is 2.96. The summed E-state index contributed by atoms with van der Waals surface area (Å²) in [5.74, 6) is -0.216. The third-order valence-corrected chi connectivity index (χ3v) is 4.48. The van der Waals surface area contributed by atoms with Gasteiger partial charge in [0.05, 0.1) is 11.5 Å². The standard InChI is InChI=1S/C18H20N4O2/c1-12-7-8-14(16(19)23)11-22(12)18(24)15-9-20-17(21-10-15)13-5-3-2-4-6-13/h2-6,9-10,12,14H,7-8,11H2,1H3,(H2,19,23)/t12-,14+/m1/s1. The second-order valence-electron chi connectivity index (χ2n) is 6.14. The van der Waals surface area contributed by atoms with E-state index >= 15 is 0 Å². The summed E-state index contributed by atoms with van der Waals surface area (Å²) in [6.45, 7) is 2.34. The van der Waals surface area contributed by atoms with Gasteiger partial charge in [0, 0.05) is 30.5 Å². The number of primary amides is 1. The molecule has 2 amide bonds. The SMILES string of the molecule is C[C@@H]1CC[C@H](C(N)=O)CN1C(=O)c1cnc(-c2ccccc2)nc1. The lowest BCUT2D eigenvalue weighted by Gasteiger charge is -2.36. The van der Waals surface area contributed by atoms with E-state index in [9.17, 15) is 9.59 Å². The second-order valence-corrected chi connectivity index (χ2v) is 6.14. The van der Waals surface area contributed by atoms with Gasteiger partial charge in [-0.25, -0.2) is 9.97 Å². The molecule has 0 saturated carbocycles. The van der Waals surface area contributed by atoms with Crippen molar-refractivity contribution in [2.24, 2.45) is 11.7 Å². The number of carbonyl (C=O) groups excluding carboxylic acids is 2. The van der Waals surface area contributed by atoms with Crippen LogP contribution >= 0.6 is 0 Å². The number of piperidine rings is 1. The number of hydrogen-bond donors (Lipinski definition) is 1. The molecule has 0 radical (unpaired) electrons. The number of carbonyl (C=O) groups is 2. The molecular weight excluding hydrogens is 304 g/mol. The molecule has 3 rings (SSSR count). The molecule has 0 aliphatic carbocycles. The molecule has 1 aromatic heterocycles. The fraction of sp³-hybridized carbons (Fsp3) is 0.333. The van der Waals surface area contributed by atoms with Gasteiger partial charge < -0.3 is 10.6 Å². The number of benzene rings is 1. The monoisotopic (exact) mass is 324 g/mol. The highest BCUT2D eigenvalue weighted by atomic mass is 16.2. The third-order valence-electron chi connectivity index (χ3n) is 4.48. The van der Waals surface area contributed by atoms with E-state index in [1.807, 2.05) is 37.3 Å². The van der Waals surface area contributed by atoms with Crippen molar-refractivity contribution in [3.8, 4) is 11.4 Å². The smallest absolute Gasteiger partial charge is 0.257 e. The highest BCUT2D eigenvalue weighted by Gasteiger charge is 2.32. The molecule has 0 spiro atoms. The van der Waals surface area contributed by atoms with E-state index < -0.39 is 0 Å². The van der Waals surface area contributed by atoms with Gasteiger partial charge in [0.2, 0.25) is 5.91 Å². The van der Waals surface area contributed by atoms with Gasteiger partial charge in [0.1, 0.15) is 0 Å². The van der Waals surface area contributed by atoms with Crippen LogP contribution in [0.25, 0.3) is 11.4 Å². The third kappa shape index (κ3) is 3.27. The summed E-state index contributed by atoms with van der Waals surface area (Å²) in [7, 11) is 0. The van der Waals surface area contributed by atoms with Crippen LogP contribution in [0.5, 0.6) is 0 Å². The summed E-state index contributed by atoms with van der Waals surface area (Å²) in [5.41, 5.74) is 6.72. The van der Waals surface area contributed by atoms with Gasteiger partial charge in [0.25, 0.3) is 5.91 Å². The quantitative estimate of drug-likeness (QED) is 0.933. The van der Waals surface area contributed by atoms with Crippen LogP contribution in [-0.4, -0.2) is 39.3 Å². The minimum absolute atomic E-state index is 0.0712. The van der Waals surface area contributed by atoms with Crippen LogP contribution in [-0.2, 0) is 4.79 Å². The molecule has 1 aromatic carbocycles. The van der Waals surface area contributed by atoms with E-state index in [0.29, 0.717) is 17.9 Å². The van der Waals surface area contributed by atoms with E-state index in [2.05, 4.69) is 9.97 Å². The largest absolute Gasteiger partial charge is 0.369 e. The Morgan fingerprint density at radius 1 is 1.12 bits per heavy atom. The van der Waals surface area contributed by atoms with Crippen molar-refractivity contribution in [2.45, 2.75) is 25.8 Å². The first-order valence-corrected chi connectivity index (χ1v) is 8.04. The Morgan fingerprint density at radius 3 is 2.42 bits per heavy atom. The van der Waals surface area contributed by atoms with Gasteiger partial charge in [0.15, 0.2) is 5.82 Å². The van der Waals surface area contributed by atoms with Gasteiger partial charge >= 0.3 is 0 Å². The minimum Gasteiger partial charge on any atom is -0.369 e. The van der Waals surface area contributed by atoms with Crippen molar-refractivity contribution in [3.05, 3.63) is 48.3 Å². The van der Waals surface area contributed by atoms with Crippen LogP contribution in [0, 0.1) is 5.92 Å². The number of hydrogen-bond acceptors (Lipinski definition) is 4. The Kier molecular flexibility index (Phi) is 4.55. The van der Waals surface area contributed by atoms with Crippen molar-refractivity contribution >= 4 is 11.8 Å². The maximum atomic E-state index is 12.7. The van der Waals surface area contributed by atoms with Gasteiger partial charge in [-0.1, -0.05) is 30.3 Å². The Labute approximate surface area is 140 Å². The van der Waals surface area contributed by atoms with Gasteiger partial charge in [-0.15, -0.1) is 0 Å². The number of amides is 2. The summed E-state index contributed by atoms with van der Waals surface area (Å²) in [5, 5.41) is 0. The fourth-order valence-corrected chi connectivity index (χ4v) is 2.96. The van der Waals surface area contributed by atoms with Crippen LogP contribution in [0.3, 0.4) is 0 Å². The Hall–Kier alpha value is -2.76. The molecule has 1 aliphatic rings. The van der Waals surface area contributed by atoms with Crippen LogP contribution in [0.1, 0.15) is 30.1 Å². The Balaban J connectivity index is 1.78. The molecule has 1 aliphatic heterocycles. The number of nitrogens with two attached hydrogens (primary N) is 1. The highest BCUT2D eigenvalue weighted by Crippen LogP contribution is 2.23. The van der Waals surface area contributed by atoms with Crippen LogP contribution < -0.4 is 5.73 Å². The summed E-state index contributed by atoms with van der Waals surface area (Å²) >= 11 is 0. The maximum absolute atomic E-state index is 12.7. The molecule has 6 nitrogen and oxygen atoms in total. The first kappa shape index (κ1) is 16.1. The molecule has 2 heterocycles. The predicted octanol–water partition coefficient (Wildman–Crippen LogP) is 1.87. The lowest BCUT2D eigenvalue weighted by atomic mass is 9.92. The van der Waals surface area contributed by atoms with Crippen molar-refractivity contribution in [2.75, 3.05) is 6.54 Å². The van der Waals surface area contributed by atoms with Crippen molar-refractivity contribution < 1.29 is 9.59 Å². The predicted molar refractivity (Wildman–Crippen MR) is 89.9 cm³/mol. The number of likely N-dealkylation sites (tertiary alicyclic amines) is 1. The van der Waals surface area contributed by atoms with Crippen LogP contribution in [0.15, 0.2) is 42.7 Å². The zero-order chi connectivity index (χ0) is 17.1. The molecule has 124 valence electrons. The molecular formula is C18H20N4O2. The van der Waals surface area contributed by atoms with E-state index in [-0.39, 0.29) is 23.8 Å². The molecule has 1 saturated heterocycles. The number of rotatable bonds is 3. The summed E-state index contributed by atoms with van der Waals surface area (Å²) in [6.07, 6.45) is 4.57. The second kappa shape index (κ2) is 6.78. The van der Waals surface area contributed by atoms with Crippen LogP contribution in [0.4, 0.5) is 0 Å². The molecule has 2 aromatic rings. The summed E-state index contributed by atoms with van der Waals surface area (Å²) in [6, 6.07) is 9.66. The zero-order valence-corrected chi connectivity index (χ0v) is 13.6. The Morgan fingerprint density at radius 2 is 1.79 bits per heavy atom. The molecule has 1 fully saturated rings. The van der Waals surface area contributed by atoms with E-state index in [0.717, 1.165) is 18.4 Å². The lowest BCUT2D eigenvalue weighted by Crippen LogP contribution is -2.48. The van der Waals surface area contributed by atoms with Crippen molar-refractivity contribution in [3.63, 3.8) is 0 Å².